The number of aromatic nitrogens is 2. The van der Waals surface area contributed by atoms with E-state index in [4.69, 9.17) is 4.98 Å². The second-order valence-corrected chi connectivity index (χ2v) is 7.08. The third kappa shape index (κ3) is 3.57. The first kappa shape index (κ1) is 16.6. The fourth-order valence-electron chi connectivity index (χ4n) is 2.90. The summed E-state index contributed by atoms with van der Waals surface area (Å²) in [6.07, 6.45) is 3.52. The third-order valence-electron chi connectivity index (χ3n) is 4.18. The van der Waals surface area contributed by atoms with Crippen molar-refractivity contribution < 1.29 is 5.11 Å². The number of aliphatic hydroxyl groups is 1. The number of hydrogen-bond acceptors (Lipinski definition) is 4. The van der Waals surface area contributed by atoms with Gasteiger partial charge in [-0.1, -0.05) is 60.7 Å². The van der Waals surface area contributed by atoms with Crippen molar-refractivity contribution in [3.63, 3.8) is 0 Å². The van der Waals surface area contributed by atoms with Gasteiger partial charge in [-0.25, -0.2) is 4.98 Å². The molecule has 0 saturated carbocycles. The maximum Gasteiger partial charge on any atom is 0.125 e. The average molecular weight is 358 g/mol. The van der Waals surface area contributed by atoms with Crippen LogP contribution in [0.25, 0.3) is 21.8 Å². The Morgan fingerprint density at radius 1 is 0.846 bits per heavy atom. The smallest absolute Gasteiger partial charge is 0.125 e. The van der Waals surface area contributed by atoms with Gasteiger partial charge in [0.1, 0.15) is 5.01 Å². The number of aliphatic hydroxyl groups excluding tert-OH is 1. The Morgan fingerprint density at radius 2 is 1.54 bits per heavy atom. The molecule has 0 saturated heterocycles. The van der Waals surface area contributed by atoms with Gasteiger partial charge in [-0.2, -0.15) is 0 Å². The van der Waals surface area contributed by atoms with Crippen LogP contribution in [0.2, 0.25) is 0 Å². The van der Waals surface area contributed by atoms with E-state index in [9.17, 15) is 5.11 Å². The van der Waals surface area contributed by atoms with Crippen molar-refractivity contribution in [2.24, 2.45) is 0 Å². The number of nitrogens with zero attached hydrogens (tertiary/aromatic N) is 2. The molecule has 1 atom stereocenters. The molecule has 0 radical (unpaired) electrons. The molecule has 128 valence electrons. The van der Waals surface area contributed by atoms with E-state index < -0.39 is 6.10 Å². The summed E-state index contributed by atoms with van der Waals surface area (Å²) in [5, 5.41) is 11.8. The highest BCUT2D eigenvalue weighted by atomic mass is 32.1. The molecule has 4 heteroatoms. The highest BCUT2D eigenvalue weighted by Gasteiger charge is 2.21. The van der Waals surface area contributed by atoms with E-state index in [-0.39, 0.29) is 0 Å². The monoisotopic (exact) mass is 358 g/mol. The minimum Gasteiger partial charge on any atom is -0.387 e. The number of benzene rings is 2. The average Bonchev–Trinajstić information content (AvgIpc) is 3.16. The molecule has 1 N–H and O–H groups in total. The zero-order valence-electron chi connectivity index (χ0n) is 14.1. The molecule has 2 aromatic heterocycles. The van der Waals surface area contributed by atoms with Crippen LogP contribution in [0, 0.1) is 0 Å². The van der Waals surface area contributed by atoms with Gasteiger partial charge in [0.15, 0.2) is 0 Å². The molecular formula is C22H18N2OS. The summed E-state index contributed by atoms with van der Waals surface area (Å²) in [7, 11) is 0. The summed E-state index contributed by atoms with van der Waals surface area (Å²) < 4.78 is 0. The van der Waals surface area contributed by atoms with Gasteiger partial charge in [-0.3, -0.25) is 4.98 Å². The van der Waals surface area contributed by atoms with Crippen LogP contribution in [-0.4, -0.2) is 15.1 Å². The molecule has 0 fully saturated rings. The second-order valence-electron chi connectivity index (χ2n) is 6.05. The van der Waals surface area contributed by atoms with Gasteiger partial charge < -0.3 is 5.11 Å². The molecule has 1 unspecified atom stereocenters. The summed E-state index contributed by atoms with van der Waals surface area (Å²) in [6.45, 7) is 0. The van der Waals surface area contributed by atoms with Crippen molar-refractivity contribution in [2.75, 3.05) is 0 Å². The number of hydrogen-bond donors (Lipinski definition) is 1. The van der Waals surface area contributed by atoms with Crippen LogP contribution >= 0.6 is 11.3 Å². The Morgan fingerprint density at radius 3 is 2.23 bits per heavy atom. The molecule has 0 amide bonds. The van der Waals surface area contributed by atoms with E-state index in [2.05, 4.69) is 4.98 Å². The van der Waals surface area contributed by atoms with E-state index in [1.165, 1.54) is 11.3 Å². The van der Waals surface area contributed by atoms with Crippen molar-refractivity contribution >= 4 is 11.3 Å². The minimum atomic E-state index is -0.601. The molecule has 4 rings (SSSR count). The van der Waals surface area contributed by atoms with Gasteiger partial charge in [0.25, 0.3) is 0 Å². The number of pyridine rings is 1. The molecule has 3 nitrogen and oxygen atoms in total. The fourth-order valence-corrected chi connectivity index (χ4v) is 3.97. The van der Waals surface area contributed by atoms with Crippen LogP contribution < -0.4 is 0 Å². The van der Waals surface area contributed by atoms with Gasteiger partial charge in [0.2, 0.25) is 0 Å². The molecular weight excluding hydrogens is 340 g/mol. The molecule has 0 aliphatic carbocycles. The lowest BCUT2D eigenvalue weighted by atomic mass is 10.0. The van der Waals surface area contributed by atoms with Crippen LogP contribution in [0.3, 0.4) is 0 Å². The SMILES string of the molecule is OC(Cc1ccccc1)c1sc(-c2cccnc2)nc1-c1ccccc1. The summed E-state index contributed by atoms with van der Waals surface area (Å²) in [5.74, 6) is 0. The first-order valence-corrected chi connectivity index (χ1v) is 9.31. The predicted molar refractivity (Wildman–Crippen MR) is 106 cm³/mol. The Bertz CT molecular complexity index is 969. The highest BCUT2D eigenvalue weighted by Crippen LogP contribution is 2.38. The van der Waals surface area contributed by atoms with Gasteiger partial charge >= 0.3 is 0 Å². The van der Waals surface area contributed by atoms with Crippen LogP contribution in [0.1, 0.15) is 16.5 Å². The maximum absolute atomic E-state index is 10.9. The Balaban J connectivity index is 1.75. The van der Waals surface area contributed by atoms with Gasteiger partial charge in [0, 0.05) is 29.9 Å². The molecule has 0 aliphatic heterocycles. The standard InChI is InChI=1S/C22H18N2OS/c25-19(14-16-8-3-1-4-9-16)21-20(17-10-5-2-6-11-17)24-22(26-21)18-12-7-13-23-15-18/h1-13,15,19,25H,14H2. The third-order valence-corrected chi connectivity index (χ3v) is 5.39. The quantitative estimate of drug-likeness (QED) is 0.537. The van der Waals surface area contributed by atoms with Crippen molar-refractivity contribution in [2.45, 2.75) is 12.5 Å². The highest BCUT2D eigenvalue weighted by molar-refractivity contribution is 7.15. The summed E-state index contributed by atoms with van der Waals surface area (Å²) in [5.41, 5.74) is 3.93. The Hall–Kier alpha value is -2.82. The largest absolute Gasteiger partial charge is 0.387 e. The first-order chi connectivity index (χ1) is 12.8. The molecule has 2 heterocycles. The molecule has 26 heavy (non-hydrogen) atoms. The topological polar surface area (TPSA) is 46.0 Å². The maximum atomic E-state index is 10.9. The molecule has 0 bridgehead atoms. The van der Waals surface area contributed by atoms with Crippen molar-refractivity contribution in [1.29, 1.82) is 0 Å². The lowest BCUT2D eigenvalue weighted by Gasteiger charge is -2.10. The fraction of sp³-hybridized carbons (Fsp3) is 0.0909. The minimum absolute atomic E-state index is 0.565. The van der Waals surface area contributed by atoms with Crippen molar-refractivity contribution in [3.8, 4) is 21.8 Å². The van der Waals surface area contributed by atoms with Gasteiger partial charge in [-0.05, 0) is 17.7 Å². The number of thiazole rings is 1. The lowest BCUT2D eigenvalue weighted by molar-refractivity contribution is 0.182. The van der Waals surface area contributed by atoms with E-state index in [1.807, 2.05) is 72.8 Å². The van der Waals surface area contributed by atoms with Crippen LogP contribution in [0.15, 0.2) is 85.2 Å². The van der Waals surface area contributed by atoms with E-state index in [1.54, 1.807) is 12.4 Å². The zero-order valence-corrected chi connectivity index (χ0v) is 14.9. The van der Waals surface area contributed by atoms with Crippen molar-refractivity contribution in [1.82, 2.24) is 9.97 Å². The normalized spacial score (nSPS) is 12.0. The Labute approximate surface area is 156 Å². The second kappa shape index (κ2) is 7.60. The van der Waals surface area contributed by atoms with E-state index >= 15 is 0 Å². The van der Waals surface area contributed by atoms with Gasteiger partial charge in [-0.15, -0.1) is 11.3 Å². The van der Waals surface area contributed by atoms with Crippen molar-refractivity contribution in [3.05, 3.63) is 95.6 Å². The van der Waals surface area contributed by atoms with E-state index in [0.29, 0.717) is 6.42 Å². The van der Waals surface area contributed by atoms with Crippen LogP contribution in [0.5, 0.6) is 0 Å². The van der Waals surface area contributed by atoms with Crippen LogP contribution in [-0.2, 0) is 6.42 Å². The molecule has 2 aromatic carbocycles. The number of rotatable bonds is 5. The molecule has 0 spiro atoms. The summed E-state index contributed by atoms with van der Waals surface area (Å²) >= 11 is 1.53. The summed E-state index contributed by atoms with van der Waals surface area (Å²) in [4.78, 5) is 9.91. The Kier molecular flexibility index (Phi) is 4.86. The first-order valence-electron chi connectivity index (χ1n) is 8.50. The lowest BCUT2D eigenvalue weighted by Crippen LogP contribution is -2.01. The molecule has 4 aromatic rings. The van der Waals surface area contributed by atoms with Crippen LogP contribution in [0.4, 0.5) is 0 Å². The van der Waals surface area contributed by atoms with E-state index in [0.717, 1.165) is 32.3 Å². The van der Waals surface area contributed by atoms with Gasteiger partial charge in [0.05, 0.1) is 16.7 Å². The molecule has 0 aliphatic rings. The summed E-state index contributed by atoms with van der Waals surface area (Å²) in [6, 6.07) is 24.0. The predicted octanol–water partition coefficient (Wildman–Crippen LogP) is 5.15. The zero-order chi connectivity index (χ0) is 17.8.